The lowest BCUT2D eigenvalue weighted by Crippen LogP contribution is -2.04. The van der Waals surface area contributed by atoms with Crippen LogP contribution in [0.3, 0.4) is 0 Å². The summed E-state index contributed by atoms with van der Waals surface area (Å²) in [6, 6.07) is 4.95. The van der Waals surface area contributed by atoms with Crippen molar-refractivity contribution in [2.45, 2.75) is 49.0 Å². The molecule has 1 aliphatic carbocycles. The van der Waals surface area contributed by atoms with E-state index in [2.05, 4.69) is 10.2 Å². The minimum atomic E-state index is -0.353. The predicted molar refractivity (Wildman–Crippen MR) is 82.6 cm³/mol. The average Bonchev–Trinajstić information content (AvgIpc) is 3.03. The van der Waals surface area contributed by atoms with Crippen LogP contribution in [0.5, 0.6) is 5.75 Å². The minimum absolute atomic E-state index is 0.256. The lowest BCUT2D eigenvalue weighted by Gasteiger charge is -2.17. The van der Waals surface area contributed by atoms with Crippen molar-refractivity contribution in [3.63, 3.8) is 0 Å². The second kappa shape index (κ2) is 7.13. The Morgan fingerprint density at radius 2 is 2.09 bits per heavy atom. The van der Waals surface area contributed by atoms with Crippen molar-refractivity contribution in [3.8, 4) is 5.75 Å². The molecular weight excluding hydrogens is 303 g/mol. The summed E-state index contributed by atoms with van der Waals surface area (Å²) in [6.45, 7) is 0. The van der Waals surface area contributed by atoms with E-state index in [9.17, 15) is 4.39 Å². The van der Waals surface area contributed by atoms with Gasteiger partial charge in [-0.3, -0.25) is 0 Å². The first-order valence-corrected chi connectivity index (χ1v) is 8.53. The molecular formula is C16H19FN2O2S. The molecule has 0 bridgehead atoms. The average molecular weight is 322 g/mol. The summed E-state index contributed by atoms with van der Waals surface area (Å²) in [5.74, 6) is 1.66. The molecule has 22 heavy (non-hydrogen) atoms. The zero-order chi connectivity index (χ0) is 15.4. The number of benzene rings is 1. The number of methoxy groups -OCH3 is 1. The van der Waals surface area contributed by atoms with Crippen LogP contribution in [0, 0.1) is 5.82 Å². The van der Waals surface area contributed by atoms with Gasteiger partial charge in [0.05, 0.1) is 7.11 Å². The van der Waals surface area contributed by atoms with Gasteiger partial charge in [0.25, 0.3) is 5.22 Å². The van der Waals surface area contributed by atoms with Gasteiger partial charge in [-0.25, -0.2) is 4.39 Å². The molecule has 1 heterocycles. The lowest BCUT2D eigenvalue weighted by molar-refractivity contribution is 0.334. The molecule has 6 heteroatoms. The Balaban J connectivity index is 1.59. The smallest absolute Gasteiger partial charge is 0.276 e. The Labute approximate surface area is 133 Å². The second-order valence-corrected chi connectivity index (χ2v) is 6.43. The van der Waals surface area contributed by atoms with E-state index in [4.69, 9.17) is 9.15 Å². The topological polar surface area (TPSA) is 48.2 Å². The van der Waals surface area contributed by atoms with Crippen molar-refractivity contribution >= 4 is 11.8 Å². The van der Waals surface area contributed by atoms with Crippen molar-refractivity contribution in [2.75, 3.05) is 7.11 Å². The first-order chi connectivity index (χ1) is 10.8. The lowest BCUT2D eigenvalue weighted by atomic mass is 9.89. The highest BCUT2D eigenvalue weighted by Gasteiger charge is 2.21. The third kappa shape index (κ3) is 3.61. The molecule has 3 rings (SSSR count). The van der Waals surface area contributed by atoms with E-state index in [0.29, 0.717) is 16.9 Å². The SMILES string of the molecule is COc1ccc(CSc2nnc(C3CCCCC3)o2)cc1F. The van der Waals surface area contributed by atoms with Crippen LogP contribution in [-0.2, 0) is 5.75 Å². The zero-order valence-electron chi connectivity index (χ0n) is 12.5. The van der Waals surface area contributed by atoms with Crippen molar-refractivity contribution in [1.29, 1.82) is 0 Å². The van der Waals surface area contributed by atoms with E-state index < -0.39 is 0 Å². The van der Waals surface area contributed by atoms with Crippen LogP contribution in [-0.4, -0.2) is 17.3 Å². The van der Waals surface area contributed by atoms with Crippen molar-refractivity contribution in [1.82, 2.24) is 10.2 Å². The molecule has 1 aliphatic rings. The Morgan fingerprint density at radius 1 is 1.27 bits per heavy atom. The molecule has 0 radical (unpaired) electrons. The monoisotopic (exact) mass is 322 g/mol. The third-order valence-electron chi connectivity index (χ3n) is 3.96. The summed E-state index contributed by atoms with van der Waals surface area (Å²) in [5, 5.41) is 8.81. The molecule has 4 nitrogen and oxygen atoms in total. The quantitative estimate of drug-likeness (QED) is 0.755. The van der Waals surface area contributed by atoms with E-state index in [1.54, 1.807) is 6.07 Å². The number of aromatic nitrogens is 2. The van der Waals surface area contributed by atoms with Crippen LogP contribution in [0.15, 0.2) is 27.8 Å². The molecule has 2 aromatic rings. The van der Waals surface area contributed by atoms with Gasteiger partial charge in [0.2, 0.25) is 5.89 Å². The Morgan fingerprint density at radius 3 is 2.82 bits per heavy atom. The fraction of sp³-hybridized carbons (Fsp3) is 0.500. The normalized spacial score (nSPS) is 15.9. The highest BCUT2D eigenvalue weighted by Crippen LogP contribution is 2.33. The summed E-state index contributed by atoms with van der Waals surface area (Å²) < 4.78 is 24.3. The second-order valence-electron chi connectivity index (χ2n) is 5.50. The summed E-state index contributed by atoms with van der Waals surface area (Å²) in [7, 11) is 1.46. The molecule has 0 aliphatic heterocycles. The van der Waals surface area contributed by atoms with Crippen LogP contribution in [0.4, 0.5) is 4.39 Å². The zero-order valence-corrected chi connectivity index (χ0v) is 13.4. The van der Waals surface area contributed by atoms with Gasteiger partial charge in [0.1, 0.15) is 0 Å². The summed E-state index contributed by atoms with van der Waals surface area (Å²) in [4.78, 5) is 0. The summed E-state index contributed by atoms with van der Waals surface area (Å²) >= 11 is 1.43. The third-order valence-corrected chi connectivity index (χ3v) is 4.84. The number of rotatable bonds is 5. The molecule has 1 aromatic carbocycles. The molecule has 118 valence electrons. The maximum atomic E-state index is 13.6. The Hall–Kier alpha value is -1.56. The van der Waals surface area contributed by atoms with Crippen molar-refractivity contribution in [3.05, 3.63) is 35.5 Å². The van der Waals surface area contributed by atoms with Crippen molar-refractivity contribution < 1.29 is 13.5 Å². The van der Waals surface area contributed by atoms with Crippen molar-refractivity contribution in [2.24, 2.45) is 0 Å². The Kier molecular flexibility index (Phi) is 4.97. The van der Waals surface area contributed by atoms with E-state index >= 15 is 0 Å². The molecule has 0 unspecified atom stereocenters. The molecule has 1 aromatic heterocycles. The van der Waals surface area contributed by atoms with Gasteiger partial charge in [0, 0.05) is 11.7 Å². The van der Waals surface area contributed by atoms with Gasteiger partial charge in [0.15, 0.2) is 11.6 Å². The molecule has 0 N–H and O–H groups in total. The molecule has 1 saturated carbocycles. The van der Waals surface area contributed by atoms with Gasteiger partial charge in [-0.15, -0.1) is 10.2 Å². The predicted octanol–water partition coefficient (Wildman–Crippen LogP) is 4.56. The maximum absolute atomic E-state index is 13.6. The van der Waals surface area contributed by atoms with Gasteiger partial charge in [-0.2, -0.15) is 0 Å². The number of hydrogen-bond donors (Lipinski definition) is 0. The minimum Gasteiger partial charge on any atom is -0.494 e. The van der Waals surface area contributed by atoms with E-state index in [1.165, 1.54) is 44.2 Å². The highest BCUT2D eigenvalue weighted by atomic mass is 32.2. The summed E-state index contributed by atoms with van der Waals surface area (Å²) in [5.41, 5.74) is 0.862. The molecule has 0 spiro atoms. The van der Waals surface area contributed by atoms with E-state index in [0.717, 1.165) is 24.3 Å². The molecule has 0 amide bonds. The molecule has 0 saturated heterocycles. The van der Waals surface area contributed by atoms with E-state index in [-0.39, 0.29) is 11.6 Å². The number of thioether (sulfide) groups is 1. The maximum Gasteiger partial charge on any atom is 0.276 e. The highest BCUT2D eigenvalue weighted by molar-refractivity contribution is 7.98. The first-order valence-electron chi connectivity index (χ1n) is 7.55. The van der Waals surface area contributed by atoms with Crippen LogP contribution in [0.25, 0.3) is 0 Å². The van der Waals surface area contributed by atoms with Crippen LogP contribution < -0.4 is 4.74 Å². The number of ether oxygens (including phenoxy) is 1. The standard InChI is InChI=1S/C16H19FN2O2S/c1-20-14-8-7-11(9-13(14)17)10-22-16-19-18-15(21-16)12-5-3-2-4-6-12/h7-9,12H,2-6,10H2,1H3. The molecule has 0 atom stereocenters. The number of halogens is 1. The first kappa shape index (κ1) is 15.3. The van der Waals surface area contributed by atoms with E-state index in [1.807, 2.05) is 6.07 Å². The fourth-order valence-electron chi connectivity index (χ4n) is 2.74. The van der Waals surface area contributed by atoms with Gasteiger partial charge < -0.3 is 9.15 Å². The number of hydrogen-bond acceptors (Lipinski definition) is 5. The fourth-order valence-corrected chi connectivity index (χ4v) is 3.45. The van der Waals surface area contributed by atoms with Gasteiger partial charge >= 0.3 is 0 Å². The largest absolute Gasteiger partial charge is 0.494 e. The summed E-state index contributed by atoms with van der Waals surface area (Å²) in [6.07, 6.45) is 6.04. The van der Waals surface area contributed by atoms with Crippen LogP contribution in [0.1, 0.15) is 49.5 Å². The van der Waals surface area contributed by atoms with Crippen LogP contribution >= 0.6 is 11.8 Å². The number of nitrogens with zero attached hydrogens (tertiary/aromatic N) is 2. The van der Waals surface area contributed by atoms with Crippen LogP contribution in [0.2, 0.25) is 0 Å². The molecule has 1 fully saturated rings. The Bertz CT molecular complexity index is 626. The van der Waals surface area contributed by atoms with Gasteiger partial charge in [-0.05, 0) is 30.5 Å². The van der Waals surface area contributed by atoms with Gasteiger partial charge in [-0.1, -0.05) is 37.1 Å².